The van der Waals surface area contributed by atoms with Crippen LogP contribution in [0.3, 0.4) is 0 Å². The van der Waals surface area contributed by atoms with Crippen molar-refractivity contribution in [2.45, 2.75) is 6.92 Å². The lowest BCUT2D eigenvalue weighted by Gasteiger charge is -2.04. The predicted octanol–water partition coefficient (Wildman–Crippen LogP) is 3.01. The maximum absolute atomic E-state index is 11.3. The highest BCUT2D eigenvalue weighted by atomic mass is 79.9. The molecule has 0 spiro atoms. The quantitative estimate of drug-likeness (QED) is 0.401. The number of carbonyl (C=O) groups excluding carboxylic acids is 1. The first-order valence-electron chi connectivity index (χ1n) is 4.79. The molecule has 0 aromatic heterocycles. The maximum Gasteiger partial charge on any atom is 0.364 e. The van der Waals surface area contributed by atoms with E-state index >= 15 is 0 Å². The Bertz CT molecular complexity index is 453. The number of carbonyl (C=O) groups is 1. The zero-order valence-corrected chi connectivity index (χ0v) is 10.6. The Balaban J connectivity index is 3.12. The van der Waals surface area contributed by atoms with Gasteiger partial charge in [0.2, 0.25) is 5.70 Å². The van der Waals surface area contributed by atoms with E-state index in [1.165, 1.54) is 0 Å². The monoisotopic (exact) mass is 299 g/mol. The van der Waals surface area contributed by atoms with Crippen LogP contribution in [0.25, 0.3) is 5.76 Å². The van der Waals surface area contributed by atoms with Crippen molar-refractivity contribution in [2.24, 2.45) is 5.18 Å². The summed E-state index contributed by atoms with van der Waals surface area (Å²) < 4.78 is 5.41. The van der Waals surface area contributed by atoms with Crippen LogP contribution in [-0.4, -0.2) is 17.7 Å². The number of aliphatic hydroxyl groups excluding tert-OH is 1. The third-order valence-electron chi connectivity index (χ3n) is 1.90. The molecule has 1 rings (SSSR count). The smallest absolute Gasteiger partial charge is 0.364 e. The number of benzene rings is 1. The van der Waals surface area contributed by atoms with Crippen molar-refractivity contribution in [1.29, 1.82) is 0 Å². The number of aliphatic hydroxyl groups is 1. The molecule has 17 heavy (non-hydrogen) atoms. The van der Waals surface area contributed by atoms with E-state index in [1.807, 2.05) is 0 Å². The minimum atomic E-state index is -0.942. The van der Waals surface area contributed by atoms with Crippen molar-refractivity contribution in [3.63, 3.8) is 0 Å². The number of rotatable bonds is 4. The Morgan fingerprint density at radius 2 is 2.00 bits per heavy atom. The van der Waals surface area contributed by atoms with Gasteiger partial charge in [0, 0.05) is 10.0 Å². The van der Waals surface area contributed by atoms with Crippen LogP contribution in [0.1, 0.15) is 12.5 Å². The second-order valence-corrected chi connectivity index (χ2v) is 3.93. The van der Waals surface area contributed by atoms with Crippen LogP contribution in [0.5, 0.6) is 0 Å². The summed E-state index contributed by atoms with van der Waals surface area (Å²) in [6, 6.07) is 6.42. The minimum absolute atomic E-state index is 0.103. The van der Waals surface area contributed by atoms with E-state index in [0.29, 0.717) is 5.56 Å². The number of nitroso groups, excluding NO2 is 1. The molecule has 0 amide bonds. The van der Waals surface area contributed by atoms with Gasteiger partial charge in [0.25, 0.3) is 0 Å². The van der Waals surface area contributed by atoms with E-state index in [9.17, 15) is 14.8 Å². The normalized spacial score (nSPS) is 11.6. The molecule has 0 atom stereocenters. The number of hydrogen-bond acceptors (Lipinski definition) is 5. The summed E-state index contributed by atoms with van der Waals surface area (Å²) in [5.74, 6) is -1.44. The van der Waals surface area contributed by atoms with Crippen LogP contribution in [0.2, 0.25) is 0 Å². The highest BCUT2D eigenvalue weighted by molar-refractivity contribution is 9.10. The zero-order chi connectivity index (χ0) is 12.8. The van der Waals surface area contributed by atoms with Gasteiger partial charge in [-0.1, -0.05) is 28.1 Å². The summed E-state index contributed by atoms with van der Waals surface area (Å²) in [5, 5.41) is 12.2. The van der Waals surface area contributed by atoms with Crippen LogP contribution in [0.4, 0.5) is 0 Å². The molecule has 0 aliphatic heterocycles. The second-order valence-electron chi connectivity index (χ2n) is 3.02. The van der Waals surface area contributed by atoms with E-state index < -0.39 is 17.4 Å². The first-order valence-corrected chi connectivity index (χ1v) is 5.59. The molecule has 1 N–H and O–H groups in total. The highest BCUT2D eigenvalue weighted by Gasteiger charge is 2.18. The average molecular weight is 300 g/mol. The fourth-order valence-corrected chi connectivity index (χ4v) is 1.39. The summed E-state index contributed by atoms with van der Waals surface area (Å²) in [6.07, 6.45) is 0. The molecule has 0 bridgehead atoms. The molecule has 0 heterocycles. The number of nitrogens with zero attached hydrogens (tertiary/aromatic N) is 1. The van der Waals surface area contributed by atoms with Crippen molar-refractivity contribution in [3.8, 4) is 0 Å². The molecular formula is C11H10BrNO4. The molecular weight excluding hydrogens is 290 g/mol. The van der Waals surface area contributed by atoms with Crippen molar-refractivity contribution < 1.29 is 14.6 Å². The van der Waals surface area contributed by atoms with Gasteiger partial charge in [0.15, 0.2) is 5.76 Å². The Hall–Kier alpha value is -1.69. The van der Waals surface area contributed by atoms with Gasteiger partial charge in [-0.05, 0) is 24.2 Å². The van der Waals surface area contributed by atoms with Crippen molar-refractivity contribution in [1.82, 2.24) is 0 Å². The molecule has 6 heteroatoms. The molecule has 0 aliphatic carbocycles. The lowest BCUT2D eigenvalue weighted by atomic mass is 10.1. The highest BCUT2D eigenvalue weighted by Crippen LogP contribution is 2.20. The van der Waals surface area contributed by atoms with Crippen LogP contribution in [0.15, 0.2) is 39.6 Å². The molecule has 0 unspecified atom stereocenters. The molecule has 1 aromatic rings. The minimum Gasteiger partial charge on any atom is -0.505 e. The largest absolute Gasteiger partial charge is 0.505 e. The summed E-state index contributed by atoms with van der Waals surface area (Å²) >= 11 is 3.23. The molecule has 0 radical (unpaired) electrons. The Morgan fingerprint density at radius 3 is 2.47 bits per heavy atom. The lowest BCUT2D eigenvalue weighted by Crippen LogP contribution is -2.08. The topological polar surface area (TPSA) is 76.0 Å². The maximum atomic E-state index is 11.3. The number of halogens is 1. The Kier molecular flexibility index (Phi) is 4.84. The fourth-order valence-electron chi connectivity index (χ4n) is 1.12. The summed E-state index contributed by atoms with van der Waals surface area (Å²) in [5.41, 5.74) is -0.315. The van der Waals surface area contributed by atoms with Gasteiger partial charge in [-0.2, -0.15) is 0 Å². The number of ether oxygens (including phenoxy) is 1. The number of esters is 1. The first-order chi connectivity index (χ1) is 8.10. The van der Waals surface area contributed by atoms with E-state index in [4.69, 9.17) is 0 Å². The average Bonchev–Trinajstić information content (AvgIpc) is 2.31. The van der Waals surface area contributed by atoms with Gasteiger partial charge in [0.05, 0.1) is 6.61 Å². The van der Waals surface area contributed by atoms with Crippen LogP contribution < -0.4 is 0 Å². The predicted molar refractivity (Wildman–Crippen MR) is 66.1 cm³/mol. The molecule has 5 nitrogen and oxygen atoms in total. The Labute approximate surface area is 106 Å². The molecule has 0 saturated heterocycles. The van der Waals surface area contributed by atoms with E-state index in [1.54, 1.807) is 31.2 Å². The van der Waals surface area contributed by atoms with Gasteiger partial charge in [-0.3, -0.25) is 0 Å². The van der Waals surface area contributed by atoms with Gasteiger partial charge in [-0.15, -0.1) is 4.91 Å². The standard InChI is InChI=1S/C11H10BrNO4/c1-2-17-11(15)9(13-16)10(14)7-3-5-8(12)6-4-7/h3-6,14H,2H2,1H3/b10-9-. The van der Waals surface area contributed by atoms with Crippen LogP contribution in [-0.2, 0) is 9.53 Å². The SMILES string of the molecule is CCOC(=O)/C(N=O)=C(/O)c1ccc(Br)cc1. The van der Waals surface area contributed by atoms with Crippen LogP contribution in [0, 0.1) is 4.91 Å². The summed E-state index contributed by atoms with van der Waals surface area (Å²) in [7, 11) is 0. The molecule has 0 saturated carbocycles. The van der Waals surface area contributed by atoms with Crippen molar-refractivity contribution >= 4 is 27.7 Å². The van der Waals surface area contributed by atoms with Gasteiger partial charge < -0.3 is 9.84 Å². The molecule has 1 aromatic carbocycles. The summed E-state index contributed by atoms with van der Waals surface area (Å²) in [4.78, 5) is 21.8. The third kappa shape index (κ3) is 3.39. The Morgan fingerprint density at radius 1 is 1.41 bits per heavy atom. The lowest BCUT2D eigenvalue weighted by molar-refractivity contribution is -0.138. The van der Waals surface area contributed by atoms with E-state index in [0.717, 1.165) is 4.47 Å². The van der Waals surface area contributed by atoms with Crippen LogP contribution >= 0.6 is 15.9 Å². The molecule has 0 aliphatic rings. The molecule has 0 fully saturated rings. The van der Waals surface area contributed by atoms with E-state index in [-0.39, 0.29) is 6.61 Å². The third-order valence-corrected chi connectivity index (χ3v) is 2.43. The summed E-state index contributed by atoms with van der Waals surface area (Å²) in [6.45, 7) is 1.70. The van der Waals surface area contributed by atoms with Gasteiger partial charge >= 0.3 is 5.97 Å². The van der Waals surface area contributed by atoms with Crippen molar-refractivity contribution in [3.05, 3.63) is 44.9 Å². The second kappa shape index (κ2) is 6.15. The van der Waals surface area contributed by atoms with Gasteiger partial charge in [0.1, 0.15) is 0 Å². The molecule has 90 valence electrons. The first kappa shape index (κ1) is 13.4. The van der Waals surface area contributed by atoms with E-state index in [2.05, 4.69) is 25.8 Å². The zero-order valence-electron chi connectivity index (χ0n) is 9.01. The van der Waals surface area contributed by atoms with Gasteiger partial charge in [-0.25, -0.2) is 4.79 Å². The van der Waals surface area contributed by atoms with Crippen molar-refractivity contribution in [2.75, 3.05) is 6.61 Å². The fraction of sp³-hybridized carbons (Fsp3) is 0.182. The number of hydrogen-bond donors (Lipinski definition) is 1.